The van der Waals surface area contributed by atoms with E-state index in [2.05, 4.69) is 10.5 Å². The van der Waals surface area contributed by atoms with Crippen molar-refractivity contribution in [2.75, 3.05) is 7.11 Å². The third-order valence-electron chi connectivity index (χ3n) is 3.71. The third-order valence-corrected chi connectivity index (χ3v) is 3.71. The number of amides is 1. The zero-order valence-corrected chi connectivity index (χ0v) is 13.8. The largest absolute Gasteiger partial charge is 0.497 e. The van der Waals surface area contributed by atoms with E-state index in [0.29, 0.717) is 11.5 Å². The highest BCUT2D eigenvalue weighted by molar-refractivity contribution is 5.98. The molecule has 1 heterocycles. The molecule has 0 saturated carbocycles. The second kappa shape index (κ2) is 7.47. The number of nitrogens with zero attached hydrogens (tertiary/aromatic N) is 2. The van der Waals surface area contributed by atoms with Crippen LogP contribution < -0.4 is 10.1 Å². The lowest BCUT2D eigenvalue weighted by molar-refractivity contribution is -0.385. The van der Waals surface area contributed by atoms with Gasteiger partial charge in [0, 0.05) is 17.7 Å². The van der Waals surface area contributed by atoms with Crippen molar-refractivity contribution in [1.82, 2.24) is 10.5 Å². The summed E-state index contributed by atoms with van der Waals surface area (Å²) in [5, 5.41) is 17.5. The summed E-state index contributed by atoms with van der Waals surface area (Å²) in [6, 6.07) is 14.7. The molecule has 0 bridgehead atoms. The summed E-state index contributed by atoms with van der Waals surface area (Å²) in [4.78, 5) is 22.6. The number of rotatable bonds is 6. The van der Waals surface area contributed by atoms with E-state index in [9.17, 15) is 14.9 Å². The maximum atomic E-state index is 12.2. The van der Waals surface area contributed by atoms with Gasteiger partial charge in [-0.2, -0.15) is 0 Å². The highest BCUT2D eigenvalue weighted by Crippen LogP contribution is 2.23. The molecule has 0 saturated heterocycles. The minimum absolute atomic E-state index is 0.00336. The SMILES string of the molecule is COc1ccc(-c2cc(CNC(=O)c3ccccc3[N+](=O)[O-])no2)cc1. The summed E-state index contributed by atoms with van der Waals surface area (Å²) < 4.78 is 10.4. The molecule has 0 fully saturated rings. The number of ether oxygens (including phenoxy) is 1. The van der Waals surface area contributed by atoms with Gasteiger partial charge in [0.25, 0.3) is 11.6 Å². The first-order valence-corrected chi connectivity index (χ1v) is 7.70. The molecule has 1 amide bonds. The highest BCUT2D eigenvalue weighted by atomic mass is 16.6. The number of nitro groups is 1. The Morgan fingerprint density at radius 3 is 2.65 bits per heavy atom. The first kappa shape index (κ1) is 17.2. The smallest absolute Gasteiger partial charge is 0.282 e. The Labute approximate surface area is 148 Å². The second-order valence-electron chi connectivity index (χ2n) is 5.37. The quantitative estimate of drug-likeness (QED) is 0.539. The number of methoxy groups -OCH3 is 1. The van der Waals surface area contributed by atoms with Crippen LogP contribution in [0.1, 0.15) is 16.1 Å². The molecule has 3 rings (SSSR count). The first-order valence-electron chi connectivity index (χ1n) is 7.70. The van der Waals surface area contributed by atoms with Gasteiger partial charge in [0.15, 0.2) is 5.76 Å². The molecule has 1 N–H and O–H groups in total. The average Bonchev–Trinajstić information content (AvgIpc) is 3.15. The summed E-state index contributed by atoms with van der Waals surface area (Å²) in [6.45, 7) is 0.0878. The fourth-order valence-corrected chi connectivity index (χ4v) is 2.38. The lowest BCUT2D eigenvalue weighted by Gasteiger charge is -2.03. The average molecular weight is 353 g/mol. The number of hydrogen-bond donors (Lipinski definition) is 1. The minimum atomic E-state index is -0.590. The molecule has 26 heavy (non-hydrogen) atoms. The van der Waals surface area contributed by atoms with Gasteiger partial charge in [-0.05, 0) is 30.3 Å². The molecule has 132 valence electrons. The van der Waals surface area contributed by atoms with E-state index in [1.807, 2.05) is 12.1 Å². The lowest BCUT2D eigenvalue weighted by atomic mass is 10.1. The van der Waals surface area contributed by atoms with E-state index in [1.165, 1.54) is 18.2 Å². The van der Waals surface area contributed by atoms with Gasteiger partial charge in [-0.3, -0.25) is 14.9 Å². The molecule has 8 heteroatoms. The molecular weight excluding hydrogens is 338 g/mol. The van der Waals surface area contributed by atoms with Crippen molar-refractivity contribution < 1.29 is 19.0 Å². The van der Waals surface area contributed by atoms with Crippen LogP contribution in [-0.2, 0) is 6.54 Å². The number of benzene rings is 2. The zero-order chi connectivity index (χ0) is 18.5. The van der Waals surface area contributed by atoms with Crippen molar-refractivity contribution in [3.63, 3.8) is 0 Å². The number of carbonyl (C=O) groups is 1. The summed E-state index contributed by atoms with van der Waals surface area (Å²) in [7, 11) is 1.58. The normalized spacial score (nSPS) is 10.3. The molecular formula is C18H15N3O5. The Morgan fingerprint density at radius 2 is 1.96 bits per heavy atom. The van der Waals surface area contributed by atoms with Crippen LogP contribution in [0.5, 0.6) is 5.75 Å². The monoisotopic (exact) mass is 353 g/mol. The number of hydrogen-bond acceptors (Lipinski definition) is 6. The van der Waals surface area contributed by atoms with Gasteiger partial charge in [-0.25, -0.2) is 0 Å². The van der Waals surface area contributed by atoms with Crippen LogP contribution in [0.25, 0.3) is 11.3 Å². The molecule has 0 aliphatic carbocycles. The van der Waals surface area contributed by atoms with Crippen molar-refractivity contribution in [2.24, 2.45) is 0 Å². The molecule has 0 radical (unpaired) electrons. The lowest BCUT2D eigenvalue weighted by Crippen LogP contribution is -2.23. The topological polar surface area (TPSA) is 108 Å². The van der Waals surface area contributed by atoms with Gasteiger partial charge in [-0.15, -0.1) is 0 Å². The van der Waals surface area contributed by atoms with Gasteiger partial charge >= 0.3 is 0 Å². The van der Waals surface area contributed by atoms with Gasteiger partial charge in [-0.1, -0.05) is 17.3 Å². The van der Waals surface area contributed by atoms with Gasteiger partial charge < -0.3 is 14.6 Å². The number of carbonyl (C=O) groups excluding carboxylic acids is 1. The molecule has 0 spiro atoms. The van der Waals surface area contributed by atoms with Crippen LogP contribution in [0.15, 0.2) is 59.1 Å². The van der Waals surface area contributed by atoms with Crippen molar-refractivity contribution >= 4 is 11.6 Å². The Bertz CT molecular complexity index is 934. The van der Waals surface area contributed by atoms with Crippen LogP contribution >= 0.6 is 0 Å². The summed E-state index contributed by atoms with van der Waals surface area (Å²) in [6.07, 6.45) is 0. The van der Waals surface area contributed by atoms with Crippen LogP contribution in [0.3, 0.4) is 0 Å². The fraction of sp³-hybridized carbons (Fsp3) is 0.111. The van der Waals surface area contributed by atoms with E-state index < -0.39 is 10.8 Å². The molecule has 1 aromatic heterocycles. The van der Waals surface area contributed by atoms with Gasteiger partial charge in [0.2, 0.25) is 0 Å². The van der Waals surface area contributed by atoms with E-state index in [0.717, 1.165) is 11.3 Å². The van der Waals surface area contributed by atoms with Crippen molar-refractivity contribution in [1.29, 1.82) is 0 Å². The standard InChI is InChI=1S/C18H15N3O5/c1-25-14-8-6-12(7-9-14)17-10-13(20-26-17)11-19-18(22)15-4-2-3-5-16(15)21(23)24/h2-10H,11H2,1H3,(H,19,22). The fourth-order valence-electron chi connectivity index (χ4n) is 2.38. The van der Waals surface area contributed by atoms with E-state index in [-0.39, 0.29) is 17.8 Å². The maximum absolute atomic E-state index is 12.2. The zero-order valence-electron chi connectivity index (χ0n) is 13.8. The van der Waals surface area contributed by atoms with Gasteiger partial charge in [0.05, 0.1) is 18.6 Å². The van der Waals surface area contributed by atoms with Crippen LogP contribution in [0, 0.1) is 10.1 Å². The molecule has 0 atom stereocenters. The number of nitro benzene ring substituents is 1. The number of aromatic nitrogens is 1. The summed E-state index contributed by atoms with van der Waals surface area (Å²) in [5.74, 6) is 0.721. The van der Waals surface area contributed by atoms with Crippen LogP contribution in [0.2, 0.25) is 0 Å². The summed E-state index contributed by atoms with van der Waals surface area (Å²) >= 11 is 0. The highest BCUT2D eigenvalue weighted by Gasteiger charge is 2.19. The second-order valence-corrected chi connectivity index (χ2v) is 5.37. The number of nitrogens with one attached hydrogen (secondary N) is 1. The van der Waals surface area contributed by atoms with Crippen LogP contribution in [0.4, 0.5) is 5.69 Å². The minimum Gasteiger partial charge on any atom is -0.497 e. The maximum Gasteiger partial charge on any atom is 0.282 e. The van der Waals surface area contributed by atoms with E-state index in [4.69, 9.17) is 9.26 Å². The first-order chi connectivity index (χ1) is 12.6. The Morgan fingerprint density at radius 1 is 1.23 bits per heavy atom. The molecule has 3 aromatic rings. The van der Waals surface area contributed by atoms with Crippen LogP contribution in [-0.4, -0.2) is 23.1 Å². The van der Waals surface area contributed by atoms with Crippen molar-refractivity contribution in [3.05, 3.63) is 76.0 Å². The Kier molecular flexibility index (Phi) is 4.93. The van der Waals surface area contributed by atoms with E-state index in [1.54, 1.807) is 31.4 Å². The predicted molar refractivity (Wildman–Crippen MR) is 92.8 cm³/mol. The van der Waals surface area contributed by atoms with Gasteiger partial charge in [0.1, 0.15) is 17.0 Å². The molecule has 8 nitrogen and oxygen atoms in total. The molecule has 0 aliphatic rings. The Balaban J connectivity index is 1.68. The Hall–Kier alpha value is -3.68. The van der Waals surface area contributed by atoms with Crippen molar-refractivity contribution in [2.45, 2.75) is 6.54 Å². The predicted octanol–water partition coefficient (Wildman–Crippen LogP) is 3.19. The number of para-hydroxylation sites is 1. The molecule has 0 unspecified atom stereocenters. The van der Waals surface area contributed by atoms with E-state index >= 15 is 0 Å². The molecule has 2 aromatic carbocycles. The molecule has 0 aliphatic heterocycles. The van der Waals surface area contributed by atoms with Crippen molar-refractivity contribution in [3.8, 4) is 17.1 Å². The summed E-state index contributed by atoms with van der Waals surface area (Å²) in [5.41, 5.74) is 1.07. The third kappa shape index (κ3) is 3.69.